The second-order valence-electron chi connectivity index (χ2n) is 5.95. The predicted octanol–water partition coefficient (Wildman–Crippen LogP) is 3.10. The molecule has 28 heavy (non-hydrogen) atoms. The van der Waals surface area contributed by atoms with Crippen LogP contribution in [-0.2, 0) is 17.4 Å². The molecule has 148 valence electrons. The van der Waals surface area contributed by atoms with Crippen molar-refractivity contribution >= 4 is 11.6 Å². The minimum absolute atomic E-state index is 0.180. The van der Waals surface area contributed by atoms with Crippen molar-refractivity contribution < 1.29 is 27.4 Å². The van der Waals surface area contributed by atoms with Crippen LogP contribution >= 0.6 is 0 Å². The van der Waals surface area contributed by atoms with E-state index in [2.05, 4.69) is 10.3 Å². The van der Waals surface area contributed by atoms with Crippen LogP contribution in [0.1, 0.15) is 11.3 Å². The zero-order valence-corrected chi connectivity index (χ0v) is 15.0. The Morgan fingerprint density at radius 1 is 1.14 bits per heavy atom. The average Bonchev–Trinajstić information content (AvgIpc) is 3.07. The van der Waals surface area contributed by atoms with Gasteiger partial charge in [-0.15, -0.1) is 0 Å². The Labute approximate surface area is 158 Å². The lowest BCUT2D eigenvalue weighted by Crippen LogP contribution is -2.30. The summed E-state index contributed by atoms with van der Waals surface area (Å²) in [6.45, 7) is 0.102. The van der Waals surface area contributed by atoms with E-state index in [0.717, 1.165) is 12.3 Å². The number of methoxy groups -OCH3 is 1. The van der Waals surface area contributed by atoms with Crippen LogP contribution in [-0.4, -0.2) is 35.6 Å². The third kappa shape index (κ3) is 4.73. The lowest BCUT2D eigenvalue weighted by molar-refractivity contribution is -0.137. The Balaban J connectivity index is 1.51. The normalized spacial score (nSPS) is 11.4. The molecular weight excluding hydrogens is 375 g/mol. The Morgan fingerprint density at radius 3 is 2.61 bits per heavy atom. The summed E-state index contributed by atoms with van der Waals surface area (Å²) in [5, 5.41) is 2.68. The molecule has 1 aromatic carbocycles. The maximum atomic E-state index is 12.8. The minimum Gasteiger partial charge on any atom is -0.493 e. The molecule has 0 bridgehead atoms. The van der Waals surface area contributed by atoms with E-state index < -0.39 is 11.7 Å². The van der Waals surface area contributed by atoms with Crippen LogP contribution in [0.4, 0.5) is 13.2 Å². The number of imidazole rings is 1. The molecule has 0 unspecified atom stereocenters. The Bertz CT molecular complexity index is 970. The molecule has 6 nitrogen and oxygen atoms in total. The molecule has 0 saturated heterocycles. The van der Waals surface area contributed by atoms with Gasteiger partial charge in [0.15, 0.2) is 18.1 Å². The third-order valence-electron chi connectivity index (χ3n) is 3.96. The fourth-order valence-corrected chi connectivity index (χ4v) is 2.59. The van der Waals surface area contributed by atoms with Crippen molar-refractivity contribution in [2.45, 2.75) is 12.6 Å². The third-order valence-corrected chi connectivity index (χ3v) is 3.96. The van der Waals surface area contributed by atoms with E-state index in [1.807, 2.05) is 0 Å². The topological polar surface area (TPSA) is 64.9 Å². The van der Waals surface area contributed by atoms with E-state index in [-0.39, 0.29) is 19.1 Å². The zero-order valence-electron chi connectivity index (χ0n) is 15.0. The van der Waals surface area contributed by atoms with Crippen molar-refractivity contribution in [3.8, 4) is 11.5 Å². The second kappa shape index (κ2) is 8.20. The molecule has 0 aliphatic rings. The van der Waals surface area contributed by atoms with Gasteiger partial charge in [0.2, 0.25) is 0 Å². The Kier molecular flexibility index (Phi) is 5.72. The number of carbonyl (C=O) groups excluding carboxylic acids is 1. The highest BCUT2D eigenvalue weighted by atomic mass is 19.4. The molecule has 9 heteroatoms. The number of fused-ring (bicyclic) bond motifs is 1. The number of nitrogens with zero attached hydrogens (tertiary/aromatic N) is 2. The van der Waals surface area contributed by atoms with Gasteiger partial charge in [0.25, 0.3) is 5.91 Å². The molecule has 3 rings (SSSR count). The van der Waals surface area contributed by atoms with Crippen molar-refractivity contribution in [3.63, 3.8) is 0 Å². The molecule has 0 aliphatic carbocycles. The molecule has 0 aliphatic heterocycles. The Hall–Kier alpha value is -3.23. The van der Waals surface area contributed by atoms with Gasteiger partial charge in [-0.2, -0.15) is 13.2 Å². The molecule has 2 aromatic heterocycles. The van der Waals surface area contributed by atoms with Crippen molar-refractivity contribution in [2.24, 2.45) is 0 Å². The van der Waals surface area contributed by atoms with E-state index in [0.29, 0.717) is 29.3 Å². The maximum absolute atomic E-state index is 12.8. The fourth-order valence-electron chi connectivity index (χ4n) is 2.59. The number of para-hydroxylation sites is 2. The number of ether oxygens (including phenoxy) is 2. The van der Waals surface area contributed by atoms with E-state index >= 15 is 0 Å². The number of amides is 1. The van der Waals surface area contributed by atoms with Crippen LogP contribution in [0.5, 0.6) is 11.5 Å². The first kappa shape index (κ1) is 19.5. The quantitative estimate of drug-likeness (QED) is 0.670. The number of rotatable bonds is 7. The molecule has 1 N–H and O–H groups in total. The predicted molar refractivity (Wildman–Crippen MR) is 95.4 cm³/mol. The van der Waals surface area contributed by atoms with Gasteiger partial charge < -0.3 is 19.2 Å². The van der Waals surface area contributed by atoms with E-state index in [9.17, 15) is 18.0 Å². The number of pyridine rings is 1. The van der Waals surface area contributed by atoms with E-state index in [4.69, 9.17) is 9.47 Å². The highest BCUT2D eigenvalue weighted by Gasteiger charge is 2.30. The van der Waals surface area contributed by atoms with Crippen molar-refractivity contribution in [1.29, 1.82) is 0 Å². The smallest absolute Gasteiger partial charge is 0.417 e. The zero-order chi connectivity index (χ0) is 20.1. The van der Waals surface area contributed by atoms with Crippen molar-refractivity contribution in [3.05, 3.63) is 60.0 Å². The lowest BCUT2D eigenvalue weighted by Gasteiger charge is -2.10. The second-order valence-corrected chi connectivity index (χ2v) is 5.95. The molecule has 0 saturated carbocycles. The minimum atomic E-state index is -4.41. The molecular formula is C19H18F3N3O3. The standard InChI is InChI=1S/C19H18F3N3O3/c1-27-15-4-2-3-5-16(15)28-12-18(26)23-9-8-14-11-25-10-13(19(20,21)22)6-7-17(25)24-14/h2-7,10-11H,8-9,12H2,1H3,(H,23,26). The number of carbonyl (C=O) groups is 1. The van der Waals surface area contributed by atoms with E-state index in [1.165, 1.54) is 23.8 Å². The van der Waals surface area contributed by atoms with Crippen LogP contribution in [0.25, 0.3) is 5.65 Å². The first-order valence-electron chi connectivity index (χ1n) is 8.44. The molecule has 1 amide bonds. The van der Waals surface area contributed by atoms with E-state index in [1.54, 1.807) is 24.3 Å². The summed E-state index contributed by atoms with van der Waals surface area (Å²) in [5.74, 6) is 0.660. The number of benzene rings is 1. The molecule has 2 heterocycles. The molecule has 3 aromatic rings. The van der Waals surface area contributed by atoms with Crippen LogP contribution in [0.2, 0.25) is 0 Å². The summed E-state index contributed by atoms with van der Waals surface area (Å²) in [5.41, 5.74) is 0.241. The summed E-state index contributed by atoms with van der Waals surface area (Å²) >= 11 is 0. The van der Waals surface area contributed by atoms with Gasteiger partial charge in [-0.25, -0.2) is 4.98 Å². The van der Waals surface area contributed by atoms with Gasteiger partial charge in [-0.05, 0) is 24.3 Å². The molecule has 0 fully saturated rings. The lowest BCUT2D eigenvalue weighted by atomic mass is 10.3. The van der Waals surface area contributed by atoms with Crippen molar-refractivity contribution in [2.75, 3.05) is 20.3 Å². The summed E-state index contributed by atoms with van der Waals surface area (Å²) in [6.07, 6.45) is -1.52. The fraction of sp³-hybridized carbons (Fsp3) is 0.263. The summed E-state index contributed by atoms with van der Waals surface area (Å²) < 4.78 is 50.2. The van der Waals surface area contributed by atoms with Gasteiger partial charge in [-0.3, -0.25) is 4.79 Å². The highest BCUT2D eigenvalue weighted by molar-refractivity contribution is 5.77. The number of nitrogens with one attached hydrogen (secondary N) is 1. The largest absolute Gasteiger partial charge is 0.493 e. The highest BCUT2D eigenvalue weighted by Crippen LogP contribution is 2.29. The average molecular weight is 393 g/mol. The number of hydrogen-bond acceptors (Lipinski definition) is 4. The van der Waals surface area contributed by atoms with Crippen LogP contribution in [0.15, 0.2) is 48.8 Å². The van der Waals surface area contributed by atoms with Gasteiger partial charge in [0.05, 0.1) is 18.4 Å². The SMILES string of the molecule is COc1ccccc1OCC(=O)NCCc1cn2cc(C(F)(F)F)ccc2n1. The maximum Gasteiger partial charge on any atom is 0.417 e. The van der Waals surface area contributed by atoms with Gasteiger partial charge >= 0.3 is 6.18 Å². The molecule has 0 radical (unpaired) electrons. The summed E-state index contributed by atoms with van der Waals surface area (Å²) in [6, 6.07) is 9.27. The number of aromatic nitrogens is 2. The first-order valence-corrected chi connectivity index (χ1v) is 8.44. The van der Waals surface area contributed by atoms with Gasteiger partial charge in [0, 0.05) is 25.4 Å². The van der Waals surface area contributed by atoms with Crippen LogP contribution in [0.3, 0.4) is 0 Å². The number of alkyl halides is 3. The van der Waals surface area contributed by atoms with Gasteiger partial charge in [-0.1, -0.05) is 12.1 Å². The molecule has 0 atom stereocenters. The van der Waals surface area contributed by atoms with Crippen LogP contribution < -0.4 is 14.8 Å². The monoisotopic (exact) mass is 393 g/mol. The Morgan fingerprint density at radius 2 is 1.89 bits per heavy atom. The number of halogens is 3. The first-order chi connectivity index (χ1) is 13.4. The number of hydrogen-bond donors (Lipinski definition) is 1. The van der Waals surface area contributed by atoms with Gasteiger partial charge in [0.1, 0.15) is 5.65 Å². The molecule has 0 spiro atoms. The van der Waals surface area contributed by atoms with Crippen LogP contribution in [0, 0.1) is 0 Å². The summed E-state index contributed by atoms with van der Waals surface area (Å²) in [7, 11) is 1.51. The summed E-state index contributed by atoms with van der Waals surface area (Å²) in [4.78, 5) is 16.2. The van der Waals surface area contributed by atoms with Crippen molar-refractivity contribution in [1.82, 2.24) is 14.7 Å².